The molecule has 2 fully saturated rings. The van der Waals surface area contributed by atoms with Gasteiger partial charge in [-0.25, -0.2) is 0 Å². The Morgan fingerprint density at radius 3 is 2.32 bits per heavy atom. The van der Waals surface area contributed by atoms with E-state index >= 15 is 0 Å². The minimum absolute atomic E-state index is 0.158. The Bertz CT molecular complexity index is 386. The third-order valence-corrected chi connectivity index (χ3v) is 7.02. The fourth-order valence-electron chi connectivity index (χ4n) is 3.24. The average Bonchev–Trinajstić information content (AvgIpc) is 2.40. The molecule has 2 aliphatic rings. The first kappa shape index (κ1) is 15.7. The van der Waals surface area contributed by atoms with Crippen molar-refractivity contribution in [1.82, 2.24) is 8.61 Å². The first-order valence-corrected chi connectivity index (χ1v) is 9.94. The van der Waals surface area contributed by atoms with Crippen LogP contribution >= 0.6 is 15.9 Å². The van der Waals surface area contributed by atoms with E-state index in [0.29, 0.717) is 13.1 Å². The molecule has 0 aromatic heterocycles. The first-order valence-electron chi connectivity index (χ1n) is 7.42. The van der Waals surface area contributed by atoms with Crippen molar-refractivity contribution in [3.63, 3.8) is 0 Å². The minimum atomic E-state index is -3.26. The highest BCUT2D eigenvalue weighted by Gasteiger charge is 2.38. The van der Waals surface area contributed by atoms with Gasteiger partial charge in [-0.1, -0.05) is 28.8 Å². The maximum Gasteiger partial charge on any atom is 0.282 e. The molecule has 2 aliphatic heterocycles. The molecule has 0 aromatic carbocycles. The van der Waals surface area contributed by atoms with Gasteiger partial charge in [-0.15, -0.1) is 0 Å². The largest absolute Gasteiger partial charge is 0.282 e. The monoisotopic (exact) mass is 352 g/mol. The fourth-order valence-corrected chi connectivity index (χ4v) is 5.91. The molecule has 0 saturated carbocycles. The Labute approximate surface area is 125 Å². The second-order valence-corrected chi connectivity index (χ2v) is 8.33. The lowest BCUT2D eigenvalue weighted by molar-refractivity contribution is 0.200. The fraction of sp³-hybridized carbons (Fsp3) is 1.00. The number of nitrogens with zero attached hydrogens (tertiary/aromatic N) is 2. The van der Waals surface area contributed by atoms with Gasteiger partial charge < -0.3 is 0 Å². The number of hydrogen-bond acceptors (Lipinski definition) is 2. The molecule has 2 atom stereocenters. The number of piperidine rings is 2. The van der Waals surface area contributed by atoms with Crippen molar-refractivity contribution in [1.29, 1.82) is 0 Å². The van der Waals surface area contributed by atoms with Crippen molar-refractivity contribution in [2.45, 2.75) is 64.0 Å². The maximum atomic E-state index is 12.9. The predicted molar refractivity (Wildman–Crippen MR) is 81.7 cm³/mol. The first-order chi connectivity index (χ1) is 9.07. The lowest BCUT2D eigenvalue weighted by Crippen LogP contribution is -2.54. The van der Waals surface area contributed by atoms with Crippen LogP contribution in [0, 0.1) is 0 Å². The topological polar surface area (TPSA) is 40.6 Å². The normalized spacial score (nSPS) is 31.5. The van der Waals surface area contributed by atoms with Crippen LogP contribution in [0.2, 0.25) is 0 Å². The summed E-state index contributed by atoms with van der Waals surface area (Å²) in [6.45, 7) is 3.43. The van der Waals surface area contributed by atoms with Crippen molar-refractivity contribution in [2.24, 2.45) is 0 Å². The van der Waals surface area contributed by atoms with Crippen LogP contribution in [-0.2, 0) is 10.2 Å². The quantitative estimate of drug-likeness (QED) is 0.729. The third kappa shape index (κ3) is 3.52. The zero-order valence-electron chi connectivity index (χ0n) is 11.7. The van der Waals surface area contributed by atoms with E-state index in [0.717, 1.165) is 50.3 Å². The summed E-state index contributed by atoms with van der Waals surface area (Å²) in [4.78, 5) is 0. The SMILES string of the molecule is CC1CCCCN1S(=O)(=O)N1CCCCC1CCBr. The van der Waals surface area contributed by atoms with Crippen molar-refractivity contribution in [3.05, 3.63) is 0 Å². The van der Waals surface area contributed by atoms with Gasteiger partial charge in [0.2, 0.25) is 0 Å². The Kier molecular flexibility index (Phi) is 5.69. The molecule has 0 radical (unpaired) electrons. The summed E-state index contributed by atoms with van der Waals surface area (Å²) in [5.41, 5.74) is 0. The standard InChI is InChI=1S/C13H25BrN2O2S/c1-12-6-2-4-10-15(12)19(17,18)16-11-5-3-7-13(16)8-9-14/h12-13H,2-11H2,1H3. The van der Waals surface area contributed by atoms with Crippen molar-refractivity contribution in [2.75, 3.05) is 18.4 Å². The van der Waals surface area contributed by atoms with Crippen LogP contribution < -0.4 is 0 Å². The van der Waals surface area contributed by atoms with Crippen LogP contribution in [0.1, 0.15) is 51.9 Å². The molecule has 0 aliphatic carbocycles. The molecule has 19 heavy (non-hydrogen) atoms. The second-order valence-electron chi connectivity index (χ2n) is 5.70. The molecule has 0 amide bonds. The van der Waals surface area contributed by atoms with Gasteiger partial charge in [0.25, 0.3) is 10.2 Å². The minimum Gasteiger partial charge on any atom is -0.195 e. The number of rotatable bonds is 4. The van der Waals surface area contributed by atoms with Crippen LogP contribution in [0.15, 0.2) is 0 Å². The van der Waals surface area contributed by atoms with E-state index < -0.39 is 10.2 Å². The molecule has 0 aromatic rings. The van der Waals surface area contributed by atoms with E-state index in [2.05, 4.69) is 15.9 Å². The lowest BCUT2D eigenvalue weighted by atomic mass is 10.0. The highest BCUT2D eigenvalue weighted by Crippen LogP contribution is 2.28. The molecular weight excluding hydrogens is 328 g/mol. The smallest absolute Gasteiger partial charge is 0.195 e. The summed E-state index contributed by atoms with van der Waals surface area (Å²) in [5, 5.41) is 0.874. The Morgan fingerprint density at radius 1 is 1.05 bits per heavy atom. The van der Waals surface area contributed by atoms with E-state index in [-0.39, 0.29) is 12.1 Å². The van der Waals surface area contributed by atoms with E-state index in [9.17, 15) is 8.42 Å². The van der Waals surface area contributed by atoms with Crippen LogP contribution in [0.5, 0.6) is 0 Å². The van der Waals surface area contributed by atoms with Crippen LogP contribution in [0.3, 0.4) is 0 Å². The van der Waals surface area contributed by atoms with Gasteiger partial charge in [0.1, 0.15) is 0 Å². The van der Waals surface area contributed by atoms with Gasteiger partial charge in [0, 0.05) is 30.5 Å². The zero-order valence-corrected chi connectivity index (χ0v) is 14.1. The highest BCUT2D eigenvalue weighted by molar-refractivity contribution is 9.09. The summed E-state index contributed by atoms with van der Waals surface area (Å²) < 4.78 is 29.3. The van der Waals surface area contributed by atoms with E-state index in [1.54, 1.807) is 8.61 Å². The van der Waals surface area contributed by atoms with Crippen LogP contribution in [0.25, 0.3) is 0 Å². The van der Waals surface area contributed by atoms with Crippen molar-refractivity contribution >= 4 is 26.1 Å². The van der Waals surface area contributed by atoms with Gasteiger partial charge in [-0.05, 0) is 39.0 Å². The van der Waals surface area contributed by atoms with Gasteiger partial charge in [0.15, 0.2) is 0 Å². The summed E-state index contributed by atoms with van der Waals surface area (Å²) >= 11 is 3.45. The van der Waals surface area contributed by atoms with Crippen molar-refractivity contribution < 1.29 is 8.42 Å². The van der Waals surface area contributed by atoms with E-state index in [1.165, 1.54) is 0 Å². The number of alkyl halides is 1. The lowest BCUT2D eigenvalue weighted by Gasteiger charge is -2.41. The molecule has 2 heterocycles. The molecule has 0 spiro atoms. The molecule has 0 N–H and O–H groups in total. The molecule has 112 valence electrons. The van der Waals surface area contributed by atoms with Crippen LogP contribution in [-0.4, -0.2) is 47.5 Å². The van der Waals surface area contributed by atoms with Gasteiger partial charge in [-0.3, -0.25) is 0 Å². The zero-order chi connectivity index (χ0) is 13.9. The van der Waals surface area contributed by atoms with E-state index in [4.69, 9.17) is 0 Å². The average molecular weight is 353 g/mol. The second kappa shape index (κ2) is 6.87. The van der Waals surface area contributed by atoms with Crippen LogP contribution in [0.4, 0.5) is 0 Å². The number of hydrogen-bond donors (Lipinski definition) is 0. The highest BCUT2D eigenvalue weighted by atomic mass is 79.9. The van der Waals surface area contributed by atoms with Gasteiger partial charge in [-0.2, -0.15) is 17.0 Å². The number of halogens is 1. The Morgan fingerprint density at radius 2 is 1.68 bits per heavy atom. The summed E-state index contributed by atoms with van der Waals surface area (Å²) in [6, 6.07) is 0.345. The molecule has 4 nitrogen and oxygen atoms in total. The molecule has 0 bridgehead atoms. The summed E-state index contributed by atoms with van der Waals surface area (Å²) in [6.07, 6.45) is 7.22. The molecule has 2 saturated heterocycles. The Balaban J connectivity index is 2.16. The predicted octanol–water partition coefficient (Wildman–Crippen LogP) is 2.75. The molecule has 2 unspecified atom stereocenters. The molecule has 2 rings (SSSR count). The van der Waals surface area contributed by atoms with Gasteiger partial charge >= 0.3 is 0 Å². The van der Waals surface area contributed by atoms with Gasteiger partial charge in [0.05, 0.1) is 0 Å². The Hall–Kier alpha value is 0.350. The summed E-state index contributed by atoms with van der Waals surface area (Å²) in [7, 11) is -3.26. The molecule has 6 heteroatoms. The van der Waals surface area contributed by atoms with Crippen molar-refractivity contribution in [3.8, 4) is 0 Å². The third-order valence-electron chi connectivity index (χ3n) is 4.35. The summed E-state index contributed by atoms with van der Waals surface area (Å²) in [5.74, 6) is 0. The van der Waals surface area contributed by atoms with E-state index in [1.807, 2.05) is 6.92 Å². The maximum absolute atomic E-state index is 12.9. The molecular formula is C13H25BrN2O2S.